The molecule has 3 aliphatic rings. The maximum absolute atomic E-state index is 14.8. The summed E-state index contributed by atoms with van der Waals surface area (Å²) in [5.74, 6) is -2.23. The Hall–Kier alpha value is -2.29. The van der Waals surface area contributed by atoms with E-state index in [1.54, 1.807) is 33.7 Å². The van der Waals surface area contributed by atoms with Gasteiger partial charge < -0.3 is 19.6 Å². The Labute approximate surface area is 240 Å². The second kappa shape index (κ2) is 11.3. The van der Waals surface area contributed by atoms with Crippen LogP contribution < -0.4 is 4.90 Å². The average molecular weight is 575 g/mol. The van der Waals surface area contributed by atoms with Crippen LogP contribution in [0.25, 0.3) is 0 Å². The number of esters is 1. The van der Waals surface area contributed by atoms with Crippen molar-refractivity contribution < 1.29 is 24.2 Å². The van der Waals surface area contributed by atoms with Crippen LogP contribution in [0, 0.1) is 24.7 Å². The fourth-order valence-electron chi connectivity index (χ4n) is 6.98. The van der Waals surface area contributed by atoms with Gasteiger partial charge >= 0.3 is 5.97 Å². The molecule has 9 heteroatoms. The minimum absolute atomic E-state index is 0.0571. The first-order valence-electron chi connectivity index (χ1n) is 13.6. The van der Waals surface area contributed by atoms with Crippen molar-refractivity contribution in [3.8, 4) is 0 Å². The highest BCUT2D eigenvalue weighted by Crippen LogP contribution is 2.72. The van der Waals surface area contributed by atoms with Crippen molar-refractivity contribution in [2.75, 3.05) is 24.7 Å². The number of hydrogen-bond acceptors (Lipinski definition) is 6. The van der Waals surface area contributed by atoms with Crippen molar-refractivity contribution >= 4 is 46.8 Å². The number of nitrogens with zero attached hydrogens (tertiary/aromatic N) is 2. The highest BCUT2D eigenvalue weighted by Gasteiger charge is 2.78. The fourth-order valence-corrected chi connectivity index (χ4v) is 9.63. The molecule has 0 radical (unpaired) electrons. The van der Waals surface area contributed by atoms with Crippen molar-refractivity contribution in [2.24, 2.45) is 17.8 Å². The van der Waals surface area contributed by atoms with E-state index < -0.39 is 39.4 Å². The molecule has 2 unspecified atom stereocenters. The molecule has 39 heavy (non-hydrogen) atoms. The van der Waals surface area contributed by atoms with Gasteiger partial charge in [0, 0.05) is 11.3 Å². The molecule has 3 saturated heterocycles. The third kappa shape index (κ3) is 4.82. The first-order chi connectivity index (χ1) is 18.5. The lowest BCUT2D eigenvalue weighted by atomic mass is 9.66. The van der Waals surface area contributed by atoms with Crippen LogP contribution in [0.4, 0.5) is 5.69 Å². The van der Waals surface area contributed by atoms with E-state index in [0.29, 0.717) is 30.0 Å². The quantitative estimate of drug-likeness (QED) is 0.302. The number of para-hydroxylation sites is 1. The topological polar surface area (TPSA) is 87.1 Å². The zero-order valence-electron chi connectivity index (χ0n) is 23.2. The SMILES string of the molecule is C=CCOC(=O)[C@H]1[C@H]2C(=O)N([C@@H](CO)CC(C)C)C(C(=O)N(CC=C)c3c(C)cccc3Cl)C23CC[C@]1(C)S3. The summed E-state index contributed by atoms with van der Waals surface area (Å²) in [6, 6.07) is 4.01. The number of benzene rings is 1. The first kappa shape index (κ1) is 29.7. The van der Waals surface area contributed by atoms with Crippen LogP contribution in [0.15, 0.2) is 43.5 Å². The highest BCUT2D eigenvalue weighted by atomic mass is 35.5. The van der Waals surface area contributed by atoms with Crippen molar-refractivity contribution in [1.29, 1.82) is 0 Å². The molecule has 0 aromatic heterocycles. The molecule has 1 N–H and O–H groups in total. The van der Waals surface area contributed by atoms with E-state index in [9.17, 15) is 19.5 Å². The van der Waals surface area contributed by atoms with Gasteiger partial charge in [0.2, 0.25) is 5.91 Å². The smallest absolute Gasteiger partial charge is 0.311 e. The summed E-state index contributed by atoms with van der Waals surface area (Å²) in [6.45, 7) is 15.4. The molecule has 1 aromatic rings. The molecule has 2 amide bonds. The lowest BCUT2D eigenvalue weighted by Gasteiger charge is -2.40. The molecule has 0 saturated carbocycles. The van der Waals surface area contributed by atoms with E-state index in [0.717, 1.165) is 5.56 Å². The summed E-state index contributed by atoms with van der Waals surface area (Å²) >= 11 is 8.21. The lowest BCUT2D eigenvalue weighted by Crippen LogP contribution is -2.58. The molecular formula is C30H39ClN2O5S. The molecule has 0 aliphatic carbocycles. The van der Waals surface area contributed by atoms with E-state index in [-0.39, 0.29) is 37.5 Å². The Bertz CT molecular complexity index is 1150. The molecule has 2 bridgehead atoms. The third-order valence-corrected chi connectivity index (χ3v) is 10.7. The van der Waals surface area contributed by atoms with Crippen molar-refractivity contribution in [3.05, 3.63) is 54.1 Å². The average Bonchev–Trinajstić information content (AvgIpc) is 3.45. The van der Waals surface area contributed by atoms with E-state index >= 15 is 0 Å². The van der Waals surface area contributed by atoms with Gasteiger partial charge in [0.05, 0.1) is 39.9 Å². The second-order valence-electron chi connectivity index (χ2n) is 11.5. The molecule has 7 nitrogen and oxygen atoms in total. The van der Waals surface area contributed by atoms with Crippen molar-refractivity contribution in [1.82, 2.24) is 4.90 Å². The van der Waals surface area contributed by atoms with E-state index in [4.69, 9.17) is 16.3 Å². The molecule has 3 aliphatic heterocycles. The Morgan fingerprint density at radius 1 is 1.31 bits per heavy atom. The standard InChI is InChI=1S/C30H39ClN2O5S/c1-7-14-32(24-19(5)10-9-11-21(24)31)27(36)25-30-13-12-29(6,39-30)23(28(37)38-15-8-2)22(30)26(35)33(25)20(17-34)16-18(3)4/h7-11,18,20,22-23,25,34H,1-2,12-17H2,3-6H3/t20-,22+,23-,25?,29+,30?/m1/s1. The van der Waals surface area contributed by atoms with Crippen LogP contribution in [0.1, 0.15) is 45.6 Å². The minimum atomic E-state index is -0.884. The van der Waals surface area contributed by atoms with Crippen LogP contribution in [-0.2, 0) is 19.1 Å². The number of thioether (sulfide) groups is 1. The molecule has 1 spiro atoms. The summed E-state index contributed by atoms with van der Waals surface area (Å²) in [7, 11) is 0. The van der Waals surface area contributed by atoms with Crippen LogP contribution in [0.2, 0.25) is 5.02 Å². The summed E-state index contributed by atoms with van der Waals surface area (Å²) < 4.78 is 4.12. The zero-order chi connectivity index (χ0) is 28.7. The Morgan fingerprint density at radius 3 is 2.62 bits per heavy atom. The van der Waals surface area contributed by atoms with E-state index in [1.807, 2.05) is 39.8 Å². The number of halogens is 1. The maximum atomic E-state index is 14.8. The number of ether oxygens (including phenoxy) is 1. The van der Waals surface area contributed by atoms with Gasteiger partial charge in [0.25, 0.3) is 5.91 Å². The van der Waals surface area contributed by atoms with Gasteiger partial charge in [0.1, 0.15) is 12.6 Å². The van der Waals surface area contributed by atoms with Crippen molar-refractivity contribution in [2.45, 2.75) is 68.5 Å². The molecule has 212 valence electrons. The van der Waals surface area contributed by atoms with Gasteiger partial charge in [0.15, 0.2) is 0 Å². The van der Waals surface area contributed by atoms with Gasteiger partial charge in [-0.15, -0.1) is 18.3 Å². The minimum Gasteiger partial charge on any atom is -0.461 e. The molecule has 4 rings (SSSR count). The normalized spacial score (nSPS) is 29.9. The number of rotatable bonds is 11. The number of aliphatic hydroxyl groups excluding tert-OH is 1. The van der Waals surface area contributed by atoms with Crippen LogP contribution in [0.3, 0.4) is 0 Å². The van der Waals surface area contributed by atoms with E-state index in [2.05, 4.69) is 13.2 Å². The Balaban J connectivity index is 1.88. The number of likely N-dealkylation sites (tertiary alicyclic amines) is 1. The predicted molar refractivity (Wildman–Crippen MR) is 156 cm³/mol. The van der Waals surface area contributed by atoms with Crippen LogP contribution in [-0.4, -0.2) is 69.1 Å². The molecule has 3 fully saturated rings. The number of carbonyl (C=O) groups excluding carboxylic acids is 3. The van der Waals surface area contributed by atoms with Crippen molar-refractivity contribution in [3.63, 3.8) is 0 Å². The van der Waals surface area contributed by atoms with Crippen LogP contribution in [0.5, 0.6) is 0 Å². The summed E-state index contributed by atoms with van der Waals surface area (Å²) in [5.41, 5.74) is 1.40. The molecule has 6 atom stereocenters. The van der Waals surface area contributed by atoms with Gasteiger partial charge in [-0.2, -0.15) is 0 Å². The number of aliphatic hydroxyl groups is 1. The molecule has 1 aromatic carbocycles. The van der Waals surface area contributed by atoms with Gasteiger partial charge in [-0.1, -0.05) is 56.3 Å². The third-order valence-electron chi connectivity index (χ3n) is 8.43. The van der Waals surface area contributed by atoms with Crippen LogP contribution >= 0.6 is 23.4 Å². The summed E-state index contributed by atoms with van der Waals surface area (Å²) in [6.07, 6.45) is 4.95. The van der Waals surface area contributed by atoms with Gasteiger partial charge in [-0.3, -0.25) is 14.4 Å². The molecule has 3 heterocycles. The number of hydrogen-bond donors (Lipinski definition) is 1. The number of amides is 2. The summed E-state index contributed by atoms with van der Waals surface area (Å²) in [4.78, 5) is 45.8. The number of fused-ring (bicyclic) bond motifs is 1. The van der Waals surface area contributed by atoms with Gasteiger partial charge in [-0.05, 0) is 50.7 Å². The van der Waals surface area contributed by atoms with E-state index in [1.165, 1.54) is 6.08 Å². The highest BCUT2D eigenvalue weighted by molar-refractivity contribution is 8.02. The predicted octanol–water partition coefficient (Wildman–Crippen LogP) is 4.78. The zero-order valence-corrected chi connectivity index (χ0v) is 24.8. The number of aryl methyl sites for hydroxylation is 1. The Morgan fingerprint density at radius 2 is 2.03 bits per heavy atom. The largest absolute Gasteiger partial charge is 0.461 e. The second-order valence-corrected chi connectivity index (χ2v) is 13.8. The van der Waals surface area contributed by atoms with Gasteiger partial charge in [-0.25, -0.2) is 0 Å². The number of carbonyl (C=O) groups is 3. The number of anilines is 1. The fraction of sp³-hybridized carbons (Fsp3) is 0.567. The monoisotopic (exact) mass is 574 g/mol. The Kier molecular flexibility index (Phi) is 8.60. The molecular weight excluding hydrogens is 536 g/mol. The maximum Gasteiger partial charge on any atom is 0.311 e. The lowest BCUT2D eigenvalue weighted by molar-refractivity contribution is -0.155. The first-order valence-corrected chi connectivity index (χ1v) is 14.7. The summed E-state index contributed by atoms with van der Waals surface area (Å²) in [5, 5.41) is 10.9.